The summed E-state index contributed by atoms with van der Waals surface area (Å²) in [6.45, 7) is 3.35. The Balaban J connectivity index is 3.14. The van der Waals surface area contributed by atoms with Gasteiger partial charge in [0.1, 0.15) is 0 Å². The van der Waals surface area contributed by atoms with E-state index in [2.05, 4.69) is 22.5 Å². The Kier molecular flexibility index (Phi) is 3.57. The standard InChI is InChI=1S/C10H8BrF3O/c1-2-9(15)6-3-4-7(8(11)5-6)10(12,13)14/h2-5,9,15H,1H2. The predicted molar refractivity (Wildman–Crippen MR) is 54.3 cm³/mol. The van der Waals surface area contributed by atoms with Gasteiger partial charge in [-0.05, 0) is 17.7 Å². The first-order valence-corrected chi connectivity index (χ1v) is 4.83. The molecule has 1 rings (SSSR count). The van der Waals surface area contributed by atoms with Gasteiger partial charge in [0.05, 0.1) is 11.7 Å². The van der Waals surface area contributed by atoms with Crippen molar-refractivity contribution >= 4 is 15.9 Å². The molecule has 0 bridgehead atoms. The highest BCUT2D eigenvalue weighted by atomic mass is 79.9. The van der Waals surface area contributed by atoms with E-state index in [-0.39, 0.29) is 4.47 Å². The molecule has 0 heterocycles. The summed E-state index contributed by atoms with van der Waals surface area (Å²) in [5, 5.41) is 9.33. The van der Waals surface area contributed by atoms with E-state index >= 15 is 0 Å². The Hall–Kier alpha value is -0.810. The van der Waals surface area contributed by atoms with Gasteiger partial charge >= 0.3 is 6.18 Å². The van der Waals surface area contributed by atoms with Crippen LogP contribution in [0.15, 0.2) is 35.3 Å². The van der Waals surface area contributed by atoms with E-state index in [0.29, 0.717) is 5.56 Å². The fraction of sp³-hybridized carbons (Fsp3) is 0.200. The second-order valence-electron chi connectivity index (χ2n) is 2.92. The van der Waals surface area contributed by atoms with Gasteiger partial charge in [-0.3, -0.25) is 0 Å². The van der Waals surface area contributed by atoms with E-state index in [1.54, 1.807) is 0 Å². The monoisotopic (exact) mass is 280 g/mol. The lowest BCUT2D eigenvalue weighted by Gasteiger charge is -2.12. The zero-order valence-corrected chi connectivity index (χ0v) is 9.14. The van der Waals surface area contributed by atoms with Crippen molar-refractivity contribution in [3.63, 3.8) is 0 Å². The maximum Gasteiger partial charge on any atom is 0.417 e. The van der Waals surface area contributed by atoms with Crippen LogP contribution >= 0.6 is 15.9 Å². The Bertz CT molecular complexity index is 373. The Morgan fingerprint density at radius 2 is 2.00 bits per heavy atom. The van der Waals surface area contributed by atoms with E-state index in [1.807, 2.05) is 0 Å². The van der Waals surface area contributed by atoms with Crippen LogP contribution in [0.5, 0.6) is 0 Å². The molecule has 1 atom stereocenters. The molecule has 0 radical (unpaired) electrons. The molecule has 0 aliphatic heterocycles. The van der Waals surface area contributed by atoms with Crippen LogP contribution in [0.2, 0.25) is 0 Å². The summed E-state index contributed by atoms with van der Waals surface area (Å²) in [5.74, 6) is 0. The number of hydrogen-bond acceptors (Lipinski definition) is 1. The van der Waals surface area contributed by atoms with E-state index in [0.717, 1.165) is 6.07 Å². The van der Waals surface area contributed by atoms with E-state index in [4.69, 9.17) is 0 Å². The van der Waals surface area contributed by atoms with Crippen molar-refractivity contribution in [1.29, 1.82) is 0 Å². The van der Waals surface area contributed by atoms with Gasteiger partial charge in [-0.25, -0.2) is 0 Å². The summed E-state index contributed by atoms with van der Waals surface area (Å²) in [5.41, 5.74) is -0.396. The van der Waals surface area contributed by atoms with Crippen molar-refractivity contribution in [2.75, 3.05) is 0 Å². The highest BCUT2D eigenvalue weighted by Gasteiger charge is 2.32. The van der Waals surface area contributed by atoms with Gasteiger partial charge in [0.15, 0.2) is 0 Å². The van der Waals surface area contributed by atoms with Gasteiger partial charge in [-0.1, -0.05) is 28.1 Å². The molecule has 0 saturated carbocycles. The van der Waals surface area contributed by atoms with E-state index < -0.39 is 17.8 Å². The number of rotatable bonds is 2. The lowest BCUT2D eigenvalue weighted by atomic mass is 10.1. The highest BCUT2D eigenvalue weighted by Crippen LogP contribution is 2.35. The number of hydrogen-bond donors (Lipinski definition) is 1. The van der Waals surface area contributed by atoms with E-state index in [9.17, 15) is 18.3 Å². The summed E-state index contributed by atoms with van der Waals surface area (Å²) in [6, 6.07) is 3.38. The van der Waals surface area contributed by atoms with Crippen LogP contribution in [0.1, 0.15) is 17.2 Å². The van der Waals surface area contributed by atoms with Crippen LogP contribution in [0.3, 0.4) is 0 Å². The van der Waals surface area contributed by atoms with Crippen LogP contribution in [0.4, 0.5) is 13.2 Å². The average molecular weight is 281 g/mol. The van der Waals surface area contributed by atoms with Crippen LogP contribution in [0, 0.1) is 0 Å². The summed E-state index contributed by atoms with van der Waals surface area (Å²) in [4.78, 5) is 0. The molecule has 1 aromatic rings. The summed E-state index contributed by atoms with van der Waals surface area (Å²) >= 11 is 2.81. The zero-order valence-electron chi connectivity index (χ0n) is 7.55. The lowest BCUT2D eigenvalue weighted by molar-refractivity contribution is -0.138. The minimum atomic E-state index is -4.39. The normalized spacial score (nSPS) is 13.7. The molecule has 1 N–H and O–H groups in total. The van der Waals surface area contributed by atoms with E-state index in [1.165, 1.54) is 18.2 Å². The number of halogens is 4. The quantitative estimate of drug-likeness (QED) is 0.820. The van der Waals surface area contributed by atoms with Gasteiger partial charge in [-0.2, -0.15) is 13.2 Å². The maximum absolute atomic E-state index is 12.4. The molecule has 5 heteroatoms. The Morgan fingerprint density at radius 3 is 2.40 bits per heavy atom. The third-order valence-electron chi connectivity index (χ3n) is 1.86. The van der Waals surface area contributed by atoms with Gasteiger partial charge in [-0.15, -0.1) is 6.58 Å². The third-order valence-corrected chi connectivity index (χ3v) is 2.52. The van der Waals surface area contributed by atoms with Crippen molar-refractivity contribution in [3.8, 4) is 0 Å². The van der Waals surface area contributed by atoms with Gasteiger partial charge in [0.25, 0.3) is 0 Å². The molecular weight excluding hydrogens is 273 g/mol. The van der Waals surface area contributed by atoms with Gasteiger partial charge in [0.2, 0.25) is 0 Å². The van der Waals surface area contributed by atoms with Gasteiger partial charge in [0, 0.05) is 4.47 Å². The molecule has 0 amide bonds. The molecule has 0 aliphatic carbocycles. The van der Waals surface area contributed by atoms with Crippen LogP contribution in [-0.2, 0) is 6.18 Å². The number of benzene rings is 1. The van der Waals surface area contributed by atoms with Crippen molar-refractivity contribution in [2.24, 2.45) is 0 Å². The van der Waals surface area contributed by atoms with Crippen molar-refractivity contribution in [3.05, 3.63) is 46.5 Å². The molecule has 1 nitrogen and oxygen atoms in total. The molecule has 0 fully saturated rings. The first-order valence-electron chi connectivity index (χ1n) is 4.03. The smallest absolute Gasteiger partial charge is 0.384 e. The molecule has 82 valence electrons. The molecular formula is C10H8BrF3O. The number of alkyl halides is 3. The van der Waals surface area contributed by atoms with Crippen LogP contribution < -0.4 is 0 Å². The first-order chi connectivity index (χ1) is 6.86. The summed E-state index contributed by atoms with van der Waals surface area (Å²) in [6.07, 6.45) is -4.10. The SMILES string of the molecule is C=CC(O)c1ccc(C(F)(F)F)c(Br)c1. The number of aliphatic hydroxyl groups excluding tert-OH is 1. The minimum Gasteiger partial charge on any atom is -0.384 e. The topological polar surface area (TPSA) is 20.2 Å². The second-order valence-corrected chi connectivity index (χ2v) is 3.77. The molecule has 15 heavy (non-hydrogen) atoms. The predicted octanol–water partition coefficient (Wildman–Crippen LogP) is 3.69. The van der Waals surface area contributed by atoms with Crippen molar-refractivity contribution in [2.45, 2.75) is 12.3 Å². The average Bonchev–Trinajstić information content (AvgIpc) is 2.14. The minimum absolute atomic E-state index is 0.0894. The fourth-order valence-electron chi connectivity index (χ4n) is 1.08. The number of aliphatic hydroxyl groups is 1. The third kappa shape index (κ3) is 2.82. The molecule has 0 aromatic heterocycles. The molecule has 0 spiro atoms. The fourth-order valence-corrected chi connectivity index (χ4v) is 1.70. The van der Waals surface area contributed by atoms with Crippen molar-refractivity contribution in [1.82, 2.24) is 0 Å². The highest BCUT2D eigenvalue weighted by molar-refractivity contribution is 9.10. The molecule has 1 aromatic carbocycles. The first kappa shape index (κ1) is 12.3. The second kappa shape index (κ2) is 4.37. The lowest BCUT2D eigenvalue weighted by Crippen LogP contribution is -2.06. The van der Waals surface area contributed by atoms with Gasteiger partial charge < -0.3 is 5.11 Å². The molecule has 0 aliphatic rings. The molecule has 0 saturated heterocycles. The zero-order chi connectivity index (χ0) is 11.6. The van der Waals surface area contributed by atoms with Crippen LogP contribution in [-0.4, -0.2) is 5.11 Å². The molecule has 1 unspecified atom stereocenters. The Labute approximate surface area is 93.4 Å². The van der Waals surface area contributed by atoms with Crippen molar-refractivity contribution < 1.29 is 18.3 Å². The Morgan fingerprint density at radius 1 is 1.40 bits per heavy atom. The van der Waals surface area contributed by atoms with Crippen LogP contribution in [0.25, 0.3) is 0 Å². The summed E-state index contributed by atoms with van der Waals surface area (Å²) in [7, 11) is 0. The largest absolute Gasteiger partial charge is 0.417 e. The maximum atomic E-state index is 12.4. The summed E-state index contributed by atoms with van der Waals surface area (Å²) < 4.78 is 37.0.